The Hall–Kier alpha value is -1.93. The highest BCUT2D eigenvalue weighted by atomic mass is 32.1. The van der Waals surface area contributed by atoms with Crippen molar-refractivity contribution in [2.45, 2.75) is 12.5 Å². The number of carbonyl (C=O) groups excluding carboxylic acids is 1. The van der Waals surface area contributed by atoms with Crippen molar-refractivity contribution in [3.05, 3.63) is 33.5 Å². The molecule has 2 N–H and O–H groups in total. The summed E-state index contributed by atoms with van der Waals surface area (Å²) in [5.41, 5.74) is 0.711. The van der Waals surface area contributed by atoms with E-state index in [1.165, 1.54) is 27.6 Å². The van der Waals surface area contributed by atoms with Gasteiger partial charge in [0.1, 0.15) is 0 Å². The van der Waals surface area contributed by atoms with E-state index in [0.717, 1.165) is 4.88 Å². The Bertz CT molecular complexity index is 638. The van der Waals surface area contributed by atoms with Crippen molar-refractivity contribution in [3.63, 3.8) is 0 Å². The number of carboxylic acids is 1. The van der Waals surface area contributed by atoms with Crippen LogP contribution < -0.4 is 5.32 Å². The van der Waals surface area contributed by atoms with Crippen molar-refractivity contribution in [2.75, 3.05) is 11.9 Å². The molecule has 0 spiro atoms. The molecular formula is C12H11N3O3S2. The number of thiazole rings is 1. The van der Waals surface area contributed by atoms with E-state index in [0.29, 0.717) is 23.7 Å². The lowest BCUT2D eigenvalue weighted by Gasteiger charge is -2.32. The topological polar surface area (TPSA) is 82.5 Å². The zero-order valence-corrected chi connectivity index (χ0v) is 11.9. The third kappa shape index (κ3) is 2.27. The molecule has 1 atom stereocenters. The zero-order valence-electron chi connectivity index (χ0n) is 10.3. The largest absolute Gasteiger partial charge is 0.479 e. The smallest absolute Gasteiger partial charge is 0.331 e. The lowest BCUT2D eigenvalue weighted by molar-refractivity contribution is -0.142. The lowest BCUT2D eigenvalue weighted by Crippen LogP contribution is -2.45. The molecule has 1 aliphatic heterocycles. The Kier molecular flexibility index (Phi) is 3.41. The fraction of sp³-hybridized carbons (Fsp3) is 0.250. The SMILES string of the molecule is O=C(O)C1c2ccsc2CCN1C(=O)Nc1nccs1. The van der Waals surface area contributed by atoms with Crippen LogP contribution in [0.3, 0.4) is 0 Å². The van der Waals surface area contributed by atoms with E-state index in [4.69, 9.17) is 0 Å². The highest BCUT2D eigenvalue weighted by molar-refractivity contribution is 7.13. The number of aromatic nitrogens is 1. The van der Waals surface area contributed by atoms with Gasteiger partial charge < -0.3 is 10.0 Å². The first kappa shape index (κ1) is 13.1. The van der Waals surface area contributed by atoms with E-state index in [1.54, 1.807) is 17.6 Å². The number of nitrogens with one attached hydrogen (secondary N) is 1. The molecule has 3 heterocycles. The van der Waals surface area contributed by atoms with E-state index in [1.807, 2.05) is 5.38 Å². The van der Waals surface area contributed by atoms with Gasteiger partial charge >= 0.3 is 12.0 Å². The number of rotatable bonds is 2. The standard InChI is InChI=1S/C12H11N3O3S2/c16-10(17)9-7-2-5-19-8(7)1-4-15(9)12(18)14-11-13-3-6-20-11/h2-3,5-6,9H,1,4H2,(H,16,17)(H,13,14,18). The van der Waals surface area contributed by atoms with Crippen LogP contribution >= 0.6 is 22.7 Å². The second-order valence-corrected chi connectivity index (χ2v) is 6.15. The Morgan fingerprint density at radius 1 is 1.40 bits per heavy atom. The van der Waals surface area contributed by atoms with Crippen LogP contribution in [0.15, 0.2) is 23.0 Å². The van der Waals surface area contributed by atoms with Crippen LogP contribution in [0.4, 0.5) is 9.93 Å². The van der Waals surface area contributed by atoms with Gasteiger partial charge in [0.25, 0.3) is 0 Å². The van der Waals surface area contributed by atoms with E-state index in [2.05, 4.69) is 10.3 Å². The van der Waals surface area contributed by atoms with Gasteiger partial charge in [0.15, 0.2) is 11.2 Å². The minimum absolute atomic E-state index is 0.391. The first-order valence-electron chi connectivity index (χ1n) is 5.93. The van der Waals surface area contributed by atoms with E-state index in [9.17, 15) is 14.7 Å². The van der Waals surface area contributed by atoms with Crippen LogP contribution in [0.25, 0.3) is 0 Å². The average Bonchev–Trinajstić information content (AvgIpc) is 3.06. The number of thiophene rings is 1. The number of nitrogens with zero attached hydrogens (tertiary/aromatic N) is 2. The fourth-order valence-corrected chi connectivity index (χ4v) is 3.67. The van der Waals surface area contributed by atoms with Gasteiger partial charge in [0, 0.05) is 23.0 Å². The van der Waals surface area contributed by atoms with Gasteiger partial charge in [-0.3, -0.25) is 5.32 Å². The van der Waals surface area contributed by atoms with E-state index < -0.39 is 18.0 Å². The molecule has 2 amide bonds. The molecule has 8 heteroatoms. The number of fused-ring (bicyclic) bond motifs is 1. The predicted octanol–water partition coefficient (Wildman–Crippen LogP) is 2.42. The zero-order chi connectivity index (χ0) is 14.1. The van der Waals surface area contributed by atoms with Crippen LogP contribution in [0.5, 0.6) is 0 Å². The maximum Gasteiger partial charge on any atom is 0.331 e. The lowest BCUT2D eigenvalue weighted by atomic mass is 10.0. The molecule has 2 aromatic rings. The fourth-order valence-electron chi connectivity index (χ4n) is 2.25. The Morgan fingerprint density at radius 2 is 2.25 bits per heavy atom. The summed E-state index contributed by atoms with van der Waals surface area (Å²) in [4.78, 5) is 30.1. The summed E-state index contributed by atoms with van der Waals surface area (Å²) >= 11 is 2.83. The van der Waals surface area contributed by atoms with Gasteiger partial charge in [-0.05, 0) is 23.4 Å². The number of hydrogen-bond donors (Lipinski definition) is 2. The number of urea groups is 1. The maximum absolute atomic E-state index is 12.2. The van der Waals surface area contributed by atoms with Crippen LogP contribution in [0.1, 0.15) is 16.5 Å². The van der Waals surface area contributed by atoms with Crippen molar-refractivity contribution < 1.29 is 14.7 Å². The van der Waals surface area contributed by atoms with E-state index in [-0.39, 0.29) is 0 Å². The van der Waals surface area contributed by atoms with Crippen LogP contribution in [0.2, 0.25) is 0 Å². The quantitative estimate of drug-likeness (QED) is 0.892. The molecule has 0 aromatic carbocycles. The van der Waals surface area contributed by atoms with Gasteiger partial charge in [-0.2, -0.15) is 0 Å². The first-order chi connectivity index (χ1) is 9.66. The molecule has 0 aliphatic carbocycles. The molecule has 0 saturated heterocycles. The van der Waals surface area contributed by atoms with Gasteiger partial charge in [0.05, 0.1) is 0 Å². The minimum Gasteiger partial charge on any atom is -0.479 e. The van der Waals surface area contributed by atoms with Crippen LogP contribution in [-0.2, 0) is 11.2 Å². The summed E-state index contributed by atoms with van der Waals surface area (Å²) in [7, 11) is 0. The van der Waals surface area contributed by atoms with Gasteiger partial charge in [0.2, 0.25) is 0 Å². The summed E-state index contributed by atoms with van der Waals surface area (Å²) < 4.78 is 0. The average molecular weight is 309 g/mol. The third-order valence-electron chi connectivity index (χ3n) is 3.11. The first-order valence-corrected chi connectivity index (χ1v) is 7.69. The normalized spacial score (nSPS) is 17.6. The summed E-state index contributed by atoms with van der Waals surface area (Å²) in [5, 5.41) is 16.1. The molecular weight excluding hydrogens is 298 g/mol. The molecule has 0 radical (unpaired) electrons. The van der Waals surface area contributed by atoms with Crippen molar-refractivity contribution >= 4 is 39.8 Å². The van der Waals surface area contributed by atoms with Crippen molar-refractivity contribution in [1.82, 2.24) is 9.88 Å². The molecule has 3 rings (SSSR count). The Balaban J connectivity index is 1.85. The maximum atomic E-state index is 12.2. The number of carbonyl (C=O) groups is 2. The predicted molar refractivity (Wildman–Crippen MR) is 76.2 cm³/mol. The van der Waals surface area contributed by atoms with Crippen LogP contribution in [0, 0.1) is 0 Å². The molecule has 1 unspecified atom stereocenters. The van der Waals surface area contributed by atoms with E-state index >= 15 is 0 Å². The summed E-state index contributed by atoms with van der Waals surface area (Å²) in [5.74, 6) is -1.02. The second-order valence-electron chi connectivity index (χ2n) is 4.25. The molecule has 104 valence electrons. The number of anilines is 1. The van der Waals surface area contributed by atoms with Gasteiger partial charge in [-0.15, -0.1) is 22.7 Å². The van der Waals surface area contributed by atoms with Gasteiger partial charge in [-0.25, -0.2) is 14.6 Å². The van der Waals surface area contributed by atoms with Crippen molar-refractivity contribution in [2.24, 2.45) is 0 Å². The monoisotopic (exact) mass is 309 g/mol. The molecule has 1 aliphatic rings. The Morgan fingerprint density at radius 3 is 2.95 bits per heavy atom. The summed E-state index contributed by atoms with van der Waals surface area (Å²) in [6, 6.07) is 0.427. The number of carboxylic acid groups (broad SMARTS) is 1. The third-order valence-corrected chi connectivity index (χ3v) is 4.79. The van der Waals surface area contributed by atoms with Crippen LogP contribution in [-0.4, -0.2) is 33.5 Å². The highest BCUT2D eigenvalue weighted by Crippen LogP contribution is 2.33. The highest BCUT2D eigenvalue weighted by Gasteiger charge is 2.36. The molecule has 0 fully saturated rings. The Labute approximate surface area is 122 Å². The number of amides is 2. The van der Waals surface area contributed by atoms with Gasteiger partial charge in [-0.1, -0.05) is 0 Å². The molecule has 6 nitrogen and oxygen atoms in total. The van der Waals surface area contributed by atoms with Crippen molar-refractivity contribution in [3.8, 4) is 0 Å². The number of hydrogen-bond acceptors (Lipinski definition) is 5. The molecule has 20 heavy (non-hydrogen) atoms. The second kappa shape index (κ2) is 5.22. The summed E-state index contributed by atoms with van der Waals surface area (Å²) in [6.07, 6.45) is 2.27. The molecule has 2 aromatic heterocycles. The number of aliphatic carboxylic acids is 1. The van der Waals surface area contributed by atoms with Crippen molar-refractivity contribution in [1.29, 1.82) is 0 Å². The minimum atomic E-state index is -1.02. The molecule has 0 bridgehead atoms. The summed E-state index contributed by atoms with van der Waals surface area (Å²) in [6.45, 7) is 0.391. The molecule has 0 saturated carbocycles.